The number of aromatic nitrogens is 1. The van der Waals surface area contributed by atoms with E-state index in [1.165, 1.54) is 23.4 Å². The second-order valence-corrected chi connectivity index (χ2v) is 5.40. The smallest absolute Gasteiger partial charge is 0.123 e. The molecule has 0 atom stereocenters. The third-order valence-corrected chi connectivity index (χ3v) is 4.33. The minimum absolute atomic E-state index is 0.854. The fourth-order valence-electron chi connectivity index (χ4n) is 2.09. The molecule has 0 amide bonds. The van der Waals surface area contributed by atoms with E-state index in [0.717, 1.165) is 28.2 Å². The van der Waals surface area contributed by atoms with Crippen LogP contribution in [0.15, 0.2) is 18.2 Å². The number of thiazole rings is 1. The van der Waals surface area contributed by atoms with Crippen LogP contribution in [0, 0.1) is 6.92 Å². The predicted molar refractivity (Wildman–Crippen MR) is 68.7 cm³/mol. The summed E-state index contributed by atoms with van der Waals surface area (Å²) >= 11 is 1.82. The van der Waals surface area contributed by atoms with Crippen LogP contribution in [0.4, 0.5) is 5.69 Å². The zero-order valence-electron chi connectivity index (χ0n) is 9.29. The Bertz CT molecular complexity index is 521. The molecule has 16 heavy (non-hydrogen) atoms. The van der Waals surface area contributed by atoms with Crippen LogP contribution in [0.5, 0.6) is 0 Å². The highest BCUT2D eigenvalue weighted by molar-refractivity contribution is 7.15. The average molecular weight is 230 g/mol. The van der Waals surface area contributed by atoms with Crippen molar-refractivity contribution in [3.05, 3.63) is 34.3 Å². The fourth-order valence-corrected chi connectivity index (χ4v) is 3.23. The van der Waals surface area contributed by atoms with E-state index in [-0.39, 0.29) is 0 Å². The first-order chi connectivity index (χ1) is 7.74. The minimum Gasteiger partial charge on any atom is -0.398 e. The van der Waals surface area contributed by atoms with E-state index in [0.29, 0.717) is 0 Å². The molecule has 0 saturated heterocycles. The highest BCUT2D eigenvalue weighted by atomic mass is 32.1. The number of nitrogens with zero attached hydrogens (tertiary/aromatic N) is 1. The van der Waals surface area contributed by atoms with Crippen LogP contribution < -0.4 is 5.73 Å². The molecular formula is C13H14N2S. The Morgan fingerprint density at radius 1 is 1.31 bits per heavy atom. The molecule has 2 N–H and O–H groups in total. The lowest BCUT2D eigenvalue weighted by molar-refractivity contribution is 0.900. The molecule has 0 bridgehead atoms. The molecule has 2 nitrogen and oxygen atoms in total. The molecule has 0 unspecified atom stereocenters. The first-order valence-electron chi connectivity index (χ1n) is 5.59. The summed E-state index contributed by atoms with van der Waals surface area (Å²) in [6.45, 7) is 2.03. The van der Waals surface area contributed by atoms with Crippen molar-refractivity contribution in [2.24, 2.45) is 0 Å². The second-order valence-electron chi connectivity index (χ2n) is 4.31. The van der Waals surface area contributed by atoms with Gasteiger partial charge in [-0.2, -0.15) is 0 Å². The van der Waals surface area contributed by atoms with Crippen molar-refractivity contribution < 1.29 is 0 Å². The first kappa shape index (κ1) is 9.85. The number of aryl methyl sites for hydroxylation is 3. The molecule has 0 aliphatic heterocycles. The van der Waals surface area contributed by atoms with Crippen LogP contribution in [-0.4, -0.2) is 4.98 Å². The summed E-state index contributed by atoms with van der Waals surface area (Å²) in [7, 11) is 0. The monoisotopic (exact) mass is 230 g/mol. The molecule has 0 saturated carbocycles. The van der Waals surface area contributed by atoms with E-state index in [9.17, 15) is 0 Å². The van der Waals surface area contributed by atoms with Crippen molar-refractivity contribution in [1.82, 2.24) is 4.98 Å². The summed E-state index contributed by atoms with van der Waals surface area (Å²) in [5.41, 5.74) is 10.4. The van der Waals surface area contributed by atoms with Gasteiger partial charge in [-0.05, 0) is 37.8 Å². The third kappa shape index (κ3) is 1.52. The summed E-state index contributed by atoms with van der Waals surface area (Å²) in [5, 5.41) is 1.12. The molecule has 0 fully saturated rings. The molecule has 3 heteroatoms. The van der Waals surface area contributed by atoms with Crippen LogP contribution >= 0.6 is 11.3 Å². The molecule has 1 heterocycles. The Balaban J connectivity index is 2.05. The van der Waals surface area contributed by atoms with E-state index in [4.69, 9.17) is 10.7 Å². The Kier molecular flexibility index (Phi) is 2.21. The number of fused-ring (bicyclic) bond motifs is 1. The number of hydrogen-bond donors (Lipinski definition) is 1. The largest absolute Gasteiger partial charge is 0.398 e. The van der Waals surface area contributed by atoms with Crippen molar-refractivity contribution in [3.8, 4) is 10.6 Å². The fraction of sp³-hybridized carbons (Fsp3) is 0.308. The molecule has 3 rings (SSSR count). The molecule has 2 aromatic rings. The van der Waals surface area contributed by atoms with Gasteiger partial charge in [0.15, 0.2) is 0 Å². The maximum absolute atomic E-state index is 5.93. The molecule has 82 valence electrons. The number of benzene rings is 1. The van der Waals surface area contributed by atoms with Gasteiger partial charge in [-0.25, -0.2) is 4.98 Å². The molecule has 0 radical (unpaired) electrons. The lowest BCUT2D eigenvalue weighted by Crippen LogP contribution is -1.89. The van der Waals surface area contributed by atoms with E-state index >= 15 is 0 Å². The van der Waals surface area contributed by atoms with Crippen molar-refractivity contribution in [2.45, 2.75) is 26.2 Å². The van der Waals surface area contributed by atoms with Gasteiger partial charge in [-0.3, -0.25) is 0 Å². The normalized spacial score (nSPS) is 14.1. The van der Waals surface area contributed by atoms with Crippen molar-refractivity contribution in [2.75, 3.05) is 5.73 Å². The SMILES string of the molecule is Cc1ccc(-c2nc3c(s2)CCC3)cc1N. The van der Waals surface area contributed by atoms with Crippen LogP contribution in [0.3, 0.4) is 0 Å². The van der Waals surface area contributed by atoms with Gasteiger partial charge >= 0.3 is 0 Å². The van der Waals surface area contributed by atoms with Gasteiger partial charge in [0.05, 0.1) is 5.69 Å². The maximum atomic E-state index is 5.93. The van der Waals surface area contributed by atoms with Crippen molar-refractivity contribution in [3.63, 3.8) is 0 Å². The first-order valence-corrected chi connectivity index (χ1v) is 6.41. The number of hydrogen-bond acceptors (Lipinski definition) is 3. The van der Waals surface area contributed by atoms with E-state index in [1.54, 1.807) is 0 Å². The van der Waals surface area contributed by atoms with Crippen LogP contribution in [0.2, 0.25) is 0 Å². The highest BCUT2D eigenvalue weighted by Crippen LogP contribution is 2.34. The van der Waals surface area contributed by atoms with Gasteiger partial charge < -0.3 is 5.73 Å². The predicted octanol–water partition coefficient (Wildman–Crippen LogP) is 3.19. The molecule has 1 aromatic heterocycles. The topological polar surface area (TPSA) is 38.9 Å². The van der Waals surface area contributed by atoms with E-state index in [1.807, 2.05) is 24.3 Å². The maximum Gasteiger partial charge on any atom is 0.123 e. The van der Waals surface area contributed by atoms with Crippen molar-refractivity contribution in [1.29, 1.82) is 0 Å². The van der Waals surface area contributed by atoms with Gasteiger partial charge in [0, 0.05) is 16.1 Å². The number of anilines is 1. The highest BCUT2D eigenvalue weighted by Gasteiger charge is 2.17. The summed E-state index contributed by atoms with van der Waals surface area (Å²) in [6.07, 6.45) is 3.62. The van der Waals surface area contributed by atoms with Gasteiger partial charge in [-0.15, -0.1) is 11.3 Å². The van der Waals surface area contributed by atoms with Gasteiger partial charge in [0.2, 0.25) is 0 Å². The van der Waals surface area contributed by atoms with Crippen molar-refractivity contribution >= 4 is 17.0 Å². The zero-order valence-corrected chi connectivity index (χ0v) is 10.1. The zero-order chi connectivity index (χ0) is 11.1. The molecule has 1 aromatic carbocycles. The number of nitrogens with two attached hydrogens (primary N) is 1. The quantitative estimate of drug-likeness (QED) is 0.764. The summed E-state index contributed by atoms with van der Waals surface area (Å²) in [6, 6.07) is 6.21. The van der Waals surface area contributed by atoms with E-state index < -0.39 is 0 Å². The second kappa shape index (κ2) is 3.59. The van der Waals surface area contributed by atoms with Crippen LogP contribution in [0.25, 0.3) is 10.6 Å². The van der Waals surface area contributed by atoms with Crippen LogP contribution in [0.1, 0.15) is 22.6 Å². The Hall–Kier alpha value is -1.35. The van der Waals surface area contributed by atoms with E-state index in [2.05, 4.69) is 12.1 Å². The summed E-state index contributed by atoms with van der Waals surface area (Å²) < 4.78 is 0. The summed E-state index contributed by atoms with van der Waals surface area (Å²) in [4.78, 5) is 6.16. The number of rotatable bonds is 1. The molecular weight excluding hydrogens is 216 g/mol. The Labute approximate surface area is 99.1 Å². The average Bonchev–Trinajstić information content (AvgIpc) is 2.81. The van der Waals surface area contributed by atoms with Gasteiger partial charge in [0.25, 0.3) is 0 Å². The van der Waals surface area contributed by atoms with Gasteiger partial charge in [0.1, 0.15) is 5.01 Å². The molecule has 1 aliphatic rings. The standard InChI is InChI=1S/C13H14N2S/c1-8-5-6-9(7-10(8)14)13-15-11-3-2-4-12(11)16-13/h5-7H,2-4,14H2,1H3. The lowest BCUT2D eigenvalue weighted by Gasteiger charge is -2.02. The third-order valence-electron chi connectivity index (χ3n) is 3.12. The lowest BCUT2D eigenvalue weighted by atomic mass is 10.1. The number of nitrogen functional groups attached to an aromatic ring is 1. The van der Waals surface area contributed by atoms with Gasteiger partial charge in [-0.1, -0.05) is 12.1 Å². The Morgan fingerprint density at radius 2 is 2.19 bits per heavy atom. The summed E-state index contributed by atoms with van der Waals surface area (Å²) in [5.74, 6) is 0. The Morgan fingerprint density at radius 3 is 2.94 bits per heavy atom. The minimum atomic E-state index is 0.854. The molecule has 1 aliphatic carbocycles. The van der Waals surface area contributed by atoms with Crippen LogP contribution in [-0.2, 0) is 12.8 Å². The molecule has 0 spiro atoms.